The van der Waals surface area contributed by atoms with Gasteiger partial charge in [-0.05, 0) is 25.8 Å². The molecule has 1 aliphatic carbocycles. The van der Waals surface area contributed by atoms with Crippen LogP contribution in [0.15, 0.2) is 11.1 Å². The topological polar surface area (TPSA) is 34.9 Å². The second kappa shape index (κ2) is 3.77. The number of ketones is 1. The summed E-state index contributed by atoms with van der Waals surface area (Å²) in [5, 5.41) is 5.31. The number of aryl methyl sites for hydroxylation is 2. The highest BCUT2D eigenvalue weighted by Gasteiger charge is 2.29. The van der Waals surface area contributed by atoms with E-state index in [4.69, 9.17) is 0 Å². The molecule has 3 nitrogen and oxygen atoms in total. The van der Waals surface area contributed by atoms with Gasteiger partial charge in [0.1, 0.15) is 5.78 Å². The van der Waals surface area contributed by atoms with Crippen molar-refractivity contribution in [1.29, 1.82) is 0 Å². The second-order valence-corrected chi connectivity index (χ2v) is 4.77. The van der Waals surface area contributed by atoms with Gasteiger partial charge >= 0.3 is 0 Å². The van der Waals surface area contributed by atoms with Crippen LogP contribution >= 0.6 is 11.8 Å². The number of hydrogen-bond donors (Lipinski definition) is 0. The number of hydrogen-bond acceptors (Lipinski definition) is 3. The molecule has 0 unspecified atom stereocenters. The van der Waals surface area contributed by atoms with Crippen molar-refractivity contribution >= 4 is 17.5 Å². The minimum absolute atomic E-state index is 0.372. The average molecular weight is 210 g/mol. The lowest BCUT2D eigenvalue weighted by Crippen LogP contribution is -2.04. The normalized spacial score (nSPS) is 15.9. The number of aromatic nitrogens is 2. The SMILES string of the molecule is Cc1cc(SCC(=O)C2CC2)n(C)n1. The van der Waals surface area contributed by atoms with Crippen molar-refractivity contribution in [3.05, 3.63) is 11.8 Å². The molecule has 0 N–H and O–H groups in total. The van der Waals surface area contributed by atoms with E-state index in [2.05, 4.69) is 5.10 Å². The molecule has 0 amide bonds. The van der Waals surface area contributed by atoms with Crippen molar-refractivity contribution in [2.75, 3.05) is 5.75 Å². The zero-order chi connectivity index (χ0) is 10.1. The first-order valence-corrected chi connectivity index (χ1v) is 5.81. The Balaban J connectivity index is 1.90. The maximum Gasteiger partial charge on any atom is 0.146 e. The monoisotopic (exact) mass is 210 g/mol. The van der Waals surface area contributed by atoms with Crippen LogP contribution in [0.5, 0.6) is 0 Å². The molecule has 1 aromatic rings. The van der Waals surface area contributed by atoms with E-state index in [0.717, 1.165) is 23.6 Å². The highest BCUT2D eigenvalue weighted by molar-refractivity contribution is 7.99. The molecule has 2 rings (SSSR count). The van der Waals surface area contributed by atoms with Gasteiger partial charge in [-0.25, -0.2) is 0 Å². The minimum atomic E-state index is 0.372. The lowest BCUT2D eigenvalue weighted by atomic mass is 10.3. The van der Waals surface area contributed by atoms with Crippen molar-refractivity contribution in [2.24, 2.45) is 13.0 Å². The standard InChI is InChI=1S/C10H14N2OS/c1-7-5-10(12(2)11-7)14-6-9(13)8-3-4-8/h5,8H,3-4,6H2,1-2H3. The van der Waals surface area contributed by atoms with E-state index in [1.165, 1.54) is 0 Å². The maximum absolute atomic E-state index is 11.4. The number of Topliss-reactive ketones (excluding diaryl/α,β-unsaturated/α-hetero) is 1. The third-order valence-electron chi connectivity index (χ3n) is 2.35. The Bertz CT molecular complexity index is 355. The Hall–Kier alpha value is -0.770. The summed E-state index contributed by atoms with van der Waals surface area (Å²) in [7, 11) is 1.91. The van der Waals surface area contributed by atoms with E-state index >= 15 is 0 Å². The van der Waals surface area contributed by atoms with Gasteiger partial charge in [0.15, 0.2) is 0 Å². The molecule has 1 aliphatic rings. The van der Waals surface area contributed by atoms with Crippen LogP contribution in [0.2, 0.25) is 0 Å². The van der Waals surface area contributed by atoms with E-state index in [0.29, 0.717) is 17.5 Å². The van der Waals surface area contributed by atoms with Gasteiger partial charge in [0.05, 0.1) is 16.5 Å². The zero-order valence-electron chi connectivity index (χ0n) is 8.49. The number of carbonyl (C=O) groups is 1. The van der Waals surface area contributed by atoms with E-state index in [-0.39, 0.29) is 0 Å². The lowest BCUT2D eigenvalue weighted by Gasteiger charge is -1.99. The fourth-order valence-corrected chi connectivity index (χ4v) is 2.40. The largest absolute Gasteiger partial charge is 0.298 e. The molecule has 0 spiro atoms. The summed E-state index contributed by atoms with van der Waals surface area (Å²) in [6.45, 7) is 1.97. The van der Waals surface area contributed by atoms with Crippen LogP contribution < -0.4 is 0 Å². The molecule has 1 saturated carbocycles. The average Bonchev–Trinajstić information content (AvgIpc) is 2.90. The van der Waals surface area contributed by atoms with Crippen LogP contribution in [0, 0.1) is 12.8 Å². The predicted molar refractivity (Wildman–Crippen MR) is 56.4 cm³/mol. The molecule has 4 heteroatoms. The Kier molecular flexibility index (Phi) is 2.63. The van der Waals surface area contributed by atoms with Gasteiger partial charge in [-0.15, -0.1) is 0 Å². The summed E-state index contributed by atoms with van der Waals surface area (Å²) >= 11 is 1.60. The van der Waals surface area contributed by atoms with Gasteiger partial charge < -0.3 is 0 Å². The smallest absolute Gasteiger partial charge is 0.146 e. The molecule has 0 atom stereocenters. The van der Waals surface area contributed by atoms with E-state index in [1.807, 2.05) is 24.7 Å². The molecule has 1 fully saturated rings. The molecule has 0 radical (unpaired) electrons. The fraction of sp³-hybridized carbons (Fsp3) is 0.600. The van der Waals surface area contributed by atoms with Gasteiger partial charge in [-0.1, -0.05) is 11.8 Å². The summed E-state index contributed by atoms with van der Waals surface area (Å²) in [5.74, 6) is 1.37. The first kappa shape index (κ1) is 9.77. The number of nitrogens with zero attached hydrogens (tertiary/aromatic N) is 2. The fourth-order valence-electron chi connectivity index (χ4n) is 1.39. The van der Waals surface area contributed by atoms with Gasteiger partial charge in [0, 0.05) is 13.0 Å². The molecular formula is C10H14N2OS. The Morgan fingerprint density at radius 2 is 2.43 bits per heavy atom. The third kappa shape index (κ3) is 2.18. The number of carbonyl (C=O) groups excluding carboxylic acids is 1. The van der Waals surface area contributed by atoms with Crippen molar-refractivity contribution < 1.29 is 4.79 Å². The molecule has 14 heavy (non-hydrogen) atoms. The molecular weight excluding hydrogens is 196 g/mol. The predicted octanol–water partition coefficient (Wildman–Crippen LogP) is 1.80. The molecule has 1 heterocycles. The van der Waals surface area contributed by atoms with Crippen molar-refractivity contribution in [3.63, 3.8) is 0 Å². The van der Waals surface area contributed by atoms with Gasteiger partial charge in [-0.3, -0.25) is 9.48 Å². The van der Waals surface area contributed by atoms with Gasteiger partial charge in [-0.2, -0.15) is 5.10 Å². The van der Waals surface area contributed by atoms with E-state index in [1.54, 1.807) is 11.8 Å². The number of rotatable bonds is 4. The van der Waals surface area contributed by atoms with Gasteiger partial charge in [0.25, 0.3) is 0 Å². The van der Waals surface area contributed by atoms with E-state index < -0.39 is 0 Å². The first-order valence-electron chi connectivity index (χ1n) is 4.83. The molecule has 1 aromatic heterocycles. The lowest BCUT2D eigenvalue weighted by molar-refractivity contribution is -0.117. The Morgan fingerprint density at radius 3 is 2.93 bits per heavy atom. The van der Waals surface area contributed by atoms with Crippen LogP contribution in [0.3, 0.4) is 0 Å². The molecule has 76 valence electrons. The summed E-state index contributed by atoms with van der Waals surface area (Å²) in [6, 6.07) is 2.02. The minimum Gasteiger partial charge on any atom is -0.298 e. The summed E-state index contributed by atoms with van der Waals surface area (Å²) < 4.78 is 1.83. The first-order chi connectivity index (χ1) is 6.66. The van der Waals surface area contributed by atoms with Crippen LogP contribution in [-0.2, 0) is 11.8 Å². The highest BCUT2D eigenvalue weighted by Crippen LogP contribution is 2.32. The molecule has 0 aromatic carbocycles. The quantitative estimate of drug-likeness (QED) is 0.711. The van der Waals surface area contributed by atoms with Crippen molar-refractivity contribution in [3.8, 4) is 0 Å². The van der Waals surface area contributed by atoms with Crippen LogP contribution in [-0.4, -0.2) is 21.3 Å². The van der Waals surface area contributed by atoms with Crippen molar-refractivity contribution in [2.45, 2.75) is 24.8 Å². The van der Waals surface area contributed by atoms with Crippen molar-refractivity contribution in [1.82, 2.24) is 9.78 Å². The van der Waals surface area contributed by atoms with Gasteiger partial charge in [0.2, 0.25) is 0 Å². The zero-order valence-corrected chi connectivity index (χ0v) is 9.30. The Labute approximate surface area is 87.9 Å². The number of thioether (sulfide) groups is 1. The second-order valence-electron chi connectivity index (χ2n) is 3.78. The molecule has 0 aliphatic heterocycles. The molecule has 0 saturated heterocycles. The molecule has 0 bridgehead atoms. The maximum atomic E-state index is 11.4. The summed E-state index contributed by atoms with van der Waals surface area (Å²) in [6.07, 6.45) is 2.20. The highest BCUT2D eigenvalue weighted by atomic mass is 32.2. The van der Waals surface area contributed by atoms with E-state index in [9.17, 15) is 4.79 Å². The van der Waals surface area contributed by atoms with Crippen LogP contribution in [0.1, 0.15) is 18.5 Å². The summed E-state index contributed by atoms with van der Waals surface area (Å²) in [4.78, 5) is 11.4. The van der Waals surface area contributed by atoms with Crippen LogP contribution in [0.25, 0.3) is 0 Å². The van der Waals surface area contributed by atoms with Crippen LogP contribution in [0.4, 0.5) is 0 Å². The summed E-state index contributed by atoms with van der Waals surface area (Å²) in [5.41, 5.74) is 1.01. The Morgan fingerprint density at radius 1 is 1.71 bits per heavy atom. The third-order valence-corrected chi connectivity index (χ3v) is 3.46.